The summed E-state index contributed by atoms with van der Waals surface area (Å²) in [4.78, 5) is 28.8. The summed E-state index contributed by atoms with van der Waals surface area (Å²) in [6, 6.07) is 4.40. The van der Waals surface area contributed by atoms with Crippen LogP contribution in [0.15, 0.2) is 23.0 Å². The van der Waals surface area contributed by atoms with Crippen molar-refractivity contribution < 1.29 is 9.90 Å². The van der Waals surface area contributed by atoms with E-state index in [9.17, 15) is 14.7 Å². The maximum atomic E-state index is 12.9. The Morgan fingerprint density at radius 1 is 1.38 bits per heavy atom. The lowest BCUT2D eigenvalue weighted by Gasteiger charge is -2.07. The van der Waals surface area contributed by atoms with Crippen LogP contribution < -0.4 is 5.56 Å². The Kier molecular flexibility index (Phi) is 4.78. The summed E-state index contributed by atoms with van der Waals surface area (Å²) < 4.78 is 3.43. The first-order valence-corrected chi connectivity index (χ1v) is 9.85. The molecule has 0 aliphatic carbocycles. The number of aromatic carboxylic acids is 1. The number of allylic oxidation sites excluding steroid dienone is 1. The lowest BCUT2D eigenvalue weighted by atomic mass is 10.1. The molecule has 29 heavy (non-hydrogen) atoms. The number of rotatable bonds is 4. The van der Waals surface area contributed by atoms with Crippen LogP contribution in [-0.2, 0) is 13.1 Å². The largest absolute Gasteiger partial charge is 0.478 e. The molecule has 0 bridgehead atoms. The van der Waals surface area contributed by atoms with Crippen molar-refractivity contribution in [3.05, 3.63) is 56.4 Å². The summed E-state index contributed by atoms with van der Waals surface area (Å²) in [7, 11) is 0. The molecule has 1 aromatic carbocycles. The van der Waals surface area contributed by atoms with Crippen LogP contribution in [0.2, 0.25) is 5.15 Å². The van der Waals surface area contributed by atoms with Gasteiger partial charge in [0.05, 0.1) is 22.2 Å². The lowest BCUT2D eigenvalue weighted by molar-refractivity contribution is 0.0697. The molecule has 0 saturated carbocycles. The van der Waals surface area contributed by atoms with Gasteiger partial charge in [-0.2, -0.15) is 5.10 Å². The third kappa shape index (κ3) is 3.35. The number of hydrogen-bond acceptors (Lipinski definition) is 4. The van der Waals surface area contributed by atoms with Crippen molar-refractivity contribution in [3.63, 3.8) is 0 Å². The fraction of sp³-hybridized carbons (Fsp3) is 0.333. The van der Waals surface area contributed by atoms with E-state index in [1.807, 2.05) is 13.0 Å². The molecule has 2 aromatic heterocycles. The van der Waals surface area contributed by atoms with E-state index in [1.54, 1.807) is 9.25 Å². The number of benzene rings is 1. The van der Waals surface area contributed by atoms with Crippen LogP contribution in [0.1, 0.15) is 47.7 Å². The Balaban J connectivity index is 1.85. The van der Waals surface area contributed by atoms with E-state index in [2.05, 4.69) is 23.9 Å². The molecule has 0 saturated heterocycles. The highest BCUT2D eigenvalue weighted by atomic mass is 35.5. The van der Waals surface area contributed by atoms with Crippen LogP contribution in [0, 0.1) is 12.8 Å². The van der Waals surface area contributed by atoms with Gasteiger partial charge in [-0.05, 0) is 49.1 Å². The Labute approximate surface area is 172 Å². The number of carboxylic acid groups (broad SMARTS) is 1. The molecule has 150 valence electrons. The number of carbonyl (C=O) groups is 1. The second-order valence-electron chi connectivity index (χ2n) is 7.71. The van der Waals surface area contributed by atoms with E-state index in [4.69, 9.17) is 11.6 Å². The summed E-state index contributed by atoms with van der Waals surface area (Å²) in [5.74, 6) is -0.0864. The molecule has 0 spiro atoms. The number of hydrogen-bond donors (Lipinski definition) is 1. The summed E-state index contributed by atoms with van der Waals surface area (Å²) in [6.45, 7) is 7.36. The van der Waals surface area contributed by atoms with Crippen molar-refractivity contribution >= 4 is 40.1 Å². The second-order valence-corrected chi connectivity index (χ2v) is 8.07. The van der Waals surface area contributed by atoms with Crippen molar-refractivity contribution in [2.24, 2.45) is 5.92 Å². The van der Waals surface area contributed by atoms with Crippen LogP contribution in [0.5, 0.6) is 0 Å². The first-order chi connectivity index (χ1) is 13.8. The van der Waals surface area contributed by atoms with Crippen molar-refractivity contribution in [1.29, 1.82) is 0 Å². The molecule has 3 heterocycles. The molecule has 0 atom stereocenters. The van der Waals surface area contributed by atoms with Crippen LogP contribution in [0.3, 0.4) is 0 Å². The number of fused-ring (bicyclic) bond motifs is 2. The topological polar surface area (TPSA) is 90.0 Å². The average Bonchev–Trinajstić information content (AvgIpc) is 3.17. The van der Waals surface area contributed by atoms with Crippen LogP contribution in [-0.4, -0.2) is 30.4 Å². The van der Waals surface area contributed by atoms with E-state index in [0.717, 1.165) is 23.4 Å². The predicted molar refractivity (Wildman–Crippen MR) is 112 cm³/mol. The van der Waals surface area contributed by atoms with Gasteiger partial charge in [0.15, 0.2) is 0 Å². The van der Waals surface area contributed by atoms with Crippen LogP contribution in [0.4, 0.5) is 0 Å². The van der Waals surface area contributed by atoms with Crippen molar-refractivity contribution in [2.45, 2.75) is 40.3 Å². The Hall–Kier alpha value is -2.93. The highest BCUT2D eigenvalue weighted by molar-refractivity contribution is 6.31. The van der Waals surface area contributed by atoms with Crippen molar-refractivity contribution in [2.75, 3.05) is 0 Å². The molecule has 4 rings (SSSR count). The zero-order valence-electron chi connectivity index (χ0n) is 16.4. The van der Waals surface area contributed by atoms with Gasteiger partial charge in [-0.1, -0.05) is 25.4 Å². The lowest BCUT2D eigenvalue weighted by Crippen LogP contribution is -2.21. The van der Waals surface area contributed by atoms with Gasteiger partial charge < -0.3 is 5.11 Å². The summed E-state index contributed by atoms with van der Waals surface area (Å²) in [5.41, 5.74) is 2.85. The van der Waals surface area contributed by atoms with E-state index in [0.29, 0.717) is 40.8 Å². The number of aryl methyl sites for hydroxylation is 1. The zero-order valence-corrected chi connectivity index (χ0v) is 17.2. The van der Waals surface area contributed by atoms with Gasteiger partial charge >= 0.3 is 5.97 Å². The molecule has 1 N–H and O–H groups in total. The van der Waals surface area contributed by atoms with Crippen molar-refractivity contribution in [3.8, 4) is 0 Å². The average molecular weight is 413 g/mol. The summed E-state index contributed by atoms with van der Waals surface area (Å²) in [5, 5.41) is 14.7. The van der Waals surface area contributed by atoms with Gasteiger partial charge in [-0.3, -0.25) is 14.0 Å². The highest BCUT2D eigenvalue weighted by Gasteiger charge is 2.23. The molecule has 1 aliphatic heterocycles. The SMILES string of the molecule is Cc1nn(CC(C)C)c(Cl)c1/C=C1\CCn2c1nc1cc(C(=O)O)ccc1c2=O. The Bertz CT molecular complexity index is 1240. The fourth-order valence-corrected chi connectivity index (χ4v) is 3.96. The minimum Gasteiger partial charge on any atom is -0.478 e. The minimum atomic E-state index is -1.05. The number of aromatic nitrogens is 4. The first-order valence-electron chi connectivity index (χ1n) is 9.48. The first kappa shape index (κ1) is 19.4. The van der Waals surface area contributed by atoms with E-state index in [1.165, 1.54) is 18.2 Å². The highest BCUT2D eigenvalue weighted by Crippen LogP contribution is 2.31. The van der Waals surface area contributed by atoms with Gasteiger partial charge in [-0.15, -0.1) is 0 Å². The molecule has 0 radical (unpaired) electrons. The van der Waals surface area contributed by atoms with E-state index >= 15 is 0 Å². The van der Waals surface area contributed by atoms with Gasteiger partial charge in [0.25, 0.3) is 5.56 Å². The number of carboxylic acids is 1. The Morgan fingerprint density at radius 3 is 2.83 bits per heavy atom. The normalized spacial score (nSPS) is 14.9. The molecule has 0 amide bonds. The second kappa shape index (κ2) is 7.15. The molecule has 8 heteroatoms. The monoisotopic (exact) mass is 412 g/mol. The molecule has 0 fully saturated rings. The molecule has 0 unspecified atom stereocenters. The number of halogens is 1. The maximum Gasteiger partial charge on any atom is 0.335 e. The summed E-state index contributed by atoms with van der Waals surface area (Å²) >= 11 is 6.56. The van der Waals surface area contributed by atoms with Gasteiger partial charge in [0.2, 0.25) is 0 Å². The maximum absolute atomic E-state index is 12.9. The van der Waals surface area contributed by atoms with Crippen LogP contribution >= 0.6 is 11.6 Å². The quantitative estimate of drug-likeness (QED) is 0.702. The Morgan fingerprint density at radius 2 is 2.14 bits per heavy atom. The zero-order chi connectivity index (χ0) is 20.9. The predicted octanol–water partition coefficient (Wildman–Crippen LogP) is 3.85. The molecule has 7 nitrogen and oxygen atoms in total. The van der Waals surface area contributed by atoms with Gasteiger partial charge in [0.1, 0.15) is 11.0 Å². The third-order valence-electron chi connectivity index (χ3n) is 5.06. The number of nitrogens with zero attached hydrogens (tertiary/aromatic N) is 4. The van der Waals surface area contributed by atoms with Gasteiger partial charge in [-0.25, -0.2) is 9.78 Å². The smallest absolute Gasteiger partial charge is 0.335 e. The van der Waals surface area contributed by atoms with Crippen LogP contribution in [0.25, 0.3) is 22.6 Å². The molecular formula is C21H21ClN4O3. The summed E-state index contributed by atoms with van der Waals surface area (Å²) in [6.07, 6.45) is 2.59. The molecule has 1 aliphatic rings. The van der Waals surface area contributed by atoms with E-state index in [-0.39, 0.29) is 11.1 Å². The van der Waals surface area contributed by atoms with Gasteiger partial charge in [0, 0.05) is 18.7 Å². The molecular weight excluding hydrogens is 392 g/mol. The molecule has 3 aromatic rings. The third-order valence-corrected chi connectivity index (χ3v) is 5.46. The fourth-order valence-electron chi connectivity index (χ4n) is 3.66. The standard InChI is InChI=1S/C21H21ClN4O3/c1-11(2)10-26-18(22)16(12(3)24-26)8-13-6-7-25-19(13)23-17-9-14(21(28)29)4-5-15(17)20(25)27/h4-5,8-9,11H,6-7,10H2,1-3H3,(H,28,29)/b13-8+. The minimum absolute atomic E-state index is 0.103. The van der Waals surface area contributed by atoms with E-state index < -0.39 is 5.97 Å². The van der Waals surface area contributed by atoms with Crippen molar-refractivity contribution in [1.82, 2.24) is 19.3 Å².